The van der Waals surface area contributed by atoms with Gasteiger partial charge in [0, 0.05) is 12.7 Å². The minimum atomic E-state index is -0.264. The molecule has 0 saturated heterocycles. The highest BCUT2D eigenvalue weighted by molar-refractivity contribution is 9.10. The second kappa shape index (κ2) is 6.52. The van der Waals surface area contributed by atoms with E-state index in [4.69, 9.17) is 4.74 Å². The lowest BCUT2D eigenvalue weighted by Gasteiger charge is -2.11. The topological polar surface area (TPSA) is 34.1 Å². The van der Waals surface area contributed by atoms with Gasteiger partial charge in [-0.2, -0.15) is 0 Å². The molecule has 0 aliphatic rings. The van der Waals surface area contributed by atoms with E-state index in [1.54, 1.807) is 18.3 Å². The van der Waals surface area contributed by atoms with Crippen molar-refractivity contribution < 1.29 is 9.13 Å². The molecule has 0 fully saturated rings. The number of anilines is 1. The molecule has 1 aromatic heterocycles. The number of hydrogen-bond acceptors (Lipinski definition) is 3. The lowest BCUT2D eigenvalue weighted by Crippen LogP contribution is -2.04. The van der Waals surface area contributed by atoms with Crippen molar-refractivity contribution in [1.82, 2.24) is 4.98 Å². The molecular weight excluding hydrogens is 311 g/mol. The summed E-state index contributed by atoms with van der Waals surface area (Å²) in [7, 11) is 0. The summed E-state index contributed by atoms with van der Waals surface area (Å²) in [6.45, 7) is 3.05. The second-order valence-corrected chi connectivity index (χ2v) is 4.75. The molecule has 1 N–H and O–H groups in total. The summed E-state index contributed by atoms with van der Waals surface area (Å²) < 4.78 is 19.0. The molecule has 0 unspecified atom stereocenters. The number of nitrogens with one attached hydrogen (secondary N) is 1. The van der Waals surface area contributed by atoms with Crippen molar-refractivity contribution in [2.45, 2.75) is 13.5 Å². The van der Waals surface area contributed by atoms with Gasteiger partial charge in [0.1, 0.15) is 5.82 Å². The van der Waals surface area contributed by atoms with E-state index < -0.39 is 0 Å². The number of aromatic nitrogens is 1. The molecular formula is C14H14BrFN2O. The normalized spacial score (nSPS) is 10.3. The Morgan fingerprint density at radius 3 is 2.95 bits per heavy atom. The number of ether oxygens (including phenoxy) is 1. The van der Waals surface area contributed by atoms with Gasteiger partial charge in [-0.25, -0.2) is 9.37 Å². The third-order valence-electron chi connectivity index (χ3n) is 2.52. The fraction of sp³-hybridized carbons (Fsp3) is 0.214. The quantitative estimate of drug-likeness (QED) is 0.902. The van der Waals surface area contributed by atoms with Gasteiger partial charge in [0.25, 0.3) is 0 Å². The fourth-order valence-electron chi connectivity index (χ4n) is 1.62. The Kier molecular flexibility index (Phi) is 4.74. The van der Waals surface area contributed by atoms with E-state index in [1.807, 2.05) is 19.1 Å². The first-order valence-electron chi connectivity index (χ1n) is 5.96. The zero-order valence-corrected chi connectivity index (χ0v) is 12.1. The molecule has 0 atom stereocenters. The van der Waals surface area contributed by atoms with E-state index in [-0.39, 0.29) is 5.82 Å². The summed E-state index contributed by atoms with van der Waals surface area (Å²) in [6, 6.07) is 8.67. The van der Waals surface area contributed by atoms with E-state index >= 15 is 0 Å². The molecule has 0 aliphatic carbocycles. The largest absolute Gasteiger partial charge is 0.476 e. The molecule has 100 valence electrons. The third-order valence-corrected chi connectivity index (χ3v) is 3.13. The lowest BCUT2D eigenvalue weighted by atomic mass is 10.2. The Morgan fingerprint density at radius 1 is 1.37 bits per heavy atom. The summed E-state index contributed by atoms with van der Waals surface area (Å²) >= 11 is 3.17. The zero-order chi connectivity index (χ0) is 13.7. The molecule has 19 heavy (non-hydrogen) atoms. The monoisotopic (exact) mass is 324 g/mol. The number of halogens is 2. The molecule has 0 radical (unpaired) electrons. The molecule has 0 spiro atoms. The van der Waals surface area contributed by atoms with Crippen molar-refractivity contribution in [2.75, 3.05) is 11.9 Å². The molecule has 1 aromatic carbocycles. The smallest absolute Gasteiger partial charge is 0.237 e. The summed E-state index contributed by atoms with van der Waals surface area (Å²) in [6.07, 6.45) is 1.69. The Morgan fingerprint density at radius 2 is 2.21 bits per heavy atom. The number of benzene rings is 1. The van der Waals surface area contributed by atoms with E-state index in [9.17, 15) is 4.39 Å². The van der Waals surface area contributed by atoms with Crippen LogP contribution in [0.5, 0.6) is 5.88 Å². The van der Waals surface area contributed by atoms with Crippen LogP contribution in [0.3, 0.4) is 0 Å². The van der Waals surface area contributed by atoms with Gasteiger partial charge in [0.2, 0.25) is 5.88 Å². The lowest BCUT2D eigenvalue weighted by molar-refractivity contribution is 0.328. The molecule has 0 amide bonds. The molecule has 2 aromatic rings. The van der Waals surface area contributed by atoms with E-state index in [1.165, 1.54) is 6.07 Å². The Bertz CT molecular complexity index is 563. The van der Waals surface area contributed by atoms with Crippen molar-refractivity contribution >= 4 is 21.6 Å². The molecule has 2 rings (SSSR count). The third kappa shape index (κ3) is 3.67. The Labute approximate surface area is 119 Å². The first kappa shape index (κ1) is 13.8. The first-order valence-corrected chi connectivity index (χ1v) is 6.75. The van der Waals surface area contributed by atoms with E-state index in [0.717, 1.165) is 11.3 Å². The van der Waals surface area contributed by atoms with Crippen molar-refractivity contribution in [3.8, 4) is 5.88 Å². The second-order valence-electron chi connectivity index (χ2n) is 3.89. The molecule has 1 heterocycles. The standard InChI is InChI=1S/C14H14BrFN2O/c1-2-19-14-13(4-3-7-17-14)18-9-10-5-6-12(16)11(15)8-10/h3-8,18H,2,9H2,1H3. The van der Waals surface area contributed by atoms with Gasteiger partial charge in [-0.05, 0) is 52.7 Å². The maximum absolute atomic E-state index is 13.1. The van der Waals surface area contributed by atoms with Crippen molar-refractivity contribution in [3.63, 3.8) is 0 Å². The van der Waals surface area contributed by atoms with Gasteiger partial charge in [-0.15, -0.1) is 0 Å². The van der Waals surface area contributed by atoms with Gasteiger partial charge in [-0.3, -0.25) is 0 Å². The highest BCUT2D eigenvalue weighted by atomic mass is 79.9. The predicted molar refractivity (Wildman–Crippen MR) is 76.8 cm³/mol. The first-order chi connectivity index (χ1) is 9.20. The van der Waals surface area contributed by atoms with E-state index in [2.05, 4.69) is 26.2 Å². The van der Waals surface area contributed by atoms with Gasteiger partial charge in [0.05, 0.1) is 16.8 Å². The highest BCUT2D eigenvalue weighted by Gasteiger charge is 2.05. The van der Waals surface area contributed by atoms with Crippen molar-refractivity contribution in [3.05, 3.63) is 52.4 Å². The predicted octanol–water partition coefficient (Wildman–Crippen LogP) is 3.99. The van der Waals surface area contributed by atoms with Crippen molar-refractivity contribution in [1.29, 1.82) is 0 Å². The van der Waals surface area contributed by atoms with E-state index in [0.29, 0.717) is 23.5 Å². The number of rotatable bonds is 5. The summed E-state index contributed by atoms with van der Waals surface area (Å²) in [5.41, 5.74) is 1.80. The van der Waals surface area contributed by atoms with Crippen molar-refractivity contribution in [2.24, 2.45) is 0 Å². The number of pyridine rings is 1. The molecule has 0 saturated carbocycles. The number of hydrogen-bond donors (Lipinski definition) is 1. The van der Waals surface area contributed by atoms with Crippen LogP contribution in [0.2, 0.25) is 0 Å². The maximum Gasteiger partial charge on any atom is 0.237 e. The van der Waals surface area contributed by atoms with Gasteiger partial charge in [0.15, 0.2) is 0 Å². The van der Waals surface area contributed by atoms with Crippen LogP contribution in [0.4, 0.5) is 10.1 Å². The highest BCUT2D eigenvalue weighted by Crippen LogP contribution is 2.22. The van der Waals surface area contributed by atoms with Gasteiger partial charge >= 0.3 is 0 Å². The van der Waals surface area contributed by atoms with Gasteiger partial charge < -0.3 is 10.1 Å². The average Bonchev–Trinajstić information content (AvgIpc) is 2.42. The Balaban J connectivity index is 2.07. The summed E-state index contributed by atoms with van der Waals surface area (Å²) in [5, 5.41) is 3.23. The molecule has 0 bridgehead atoms. The van der Waals surface area contributed by atoms with Crippen LogP contribution in [0.1, 0.15) is 12.5 Å². The summed E-state index contributed by atoms with van der Waals surface area (Å²) in [4.78, 5) is 4.16. The summed E-state index contributed by atoms with van der Waals surface area (Å²) in [5.74, 6) is 0.311. The van der Waals surface area contributed by atoms with Crippen LogP contribution < -0.4 is 10.1 Å². The van der Waals surface area contributed by atoms with Crippen LogP contribution in [0, 0.1) is 5.82 Å². The maximum atomic E-state index is 13.1. The van der Waals surface area contributed by atoms with Crippen LogP contribution in [0.15, 0.2) is 41.0 Å². The van der Waals surface area contributed by atoms with Crippen LogP contribution in [0.25, 0.3) is 0 Å². The number of nitrogens with zero attached hydrogens (tertiary/aromatic N) is 1. The minimum Gasteiger partial charge on any atom is -0.476 e. The zero-order valence-electron chi connectivity index (χ0n) is 10.5. The molecule has 3 nitrogen and oxygen atoms in total. The molecule has 5 heteroatoms. The average molecular weight is 325 g/mol. The van der Waals surface area contributed by atoms with Gasteiger partial charge in [-0.1, -0.05) is 6.07 Å². The molecule has 0 aliphatic heterocycles. The van der Waals surface area contributed by atoms with Crippen LogP contribution >= 0.6 is 15.9 Å². The van der Waals surface area contributed by atoms with Crippen LogP contribution in [-0.2, 0) is 6.54 Å². The minimum absolute atomic E-state index is 0.264. The SMILES string of the molecule is CCOc1ncccc1NCc1ccc(F)c(Br)c1. The fourth-order valence-corrected chi connectivity index (χ4v) is 2.05. The Hall–Kier alpha value is -1.62. The van der Waals surface area contributed by atoms with Crippen LogP contribution in [-0.4, -0.2) is 11.6 Å².